The summed E-state index contributed by atoms with van der Waals surface area (Å²) in [6, 6.07) is 5.02. The number of aliphatic carboxylic acids is 1. The quantitative estimate of drug-likeness (QED) is 0.912. The molecule has 0 saturated carbocycles. The molecular formula is C13H13ClN2O4S. The minimum Gasteiger partial charge on any atom is -0.481 e. The molecular weight excluding hydrogens is 316 g/mol. The molecule has 0 fully saturated rings. The van der Waals surface area contributed by atoms with Crippen molar-refractivity contribution in [2.24, 2.45) is 5.92 Å². The van der Waals surface area contributed by atoms with Crippen LogP contribution in [0.5, 0.6) is 0 Å². The third-order valence-corrected chi connectivity index (χ3v) is 4.11. The highest BCUT2D eigenvalue weighted by atomic mass is 35.5. The van der Waals surface area contributed by atoms with Gasteiger partial charge in [0.05, 0.1) is 15.1 Å². The molecule has 1 amide bonds. The summed E-state index contributed by atoms with van der Waals surface area (Å²) in [6.45, 7) is 1.63. The standard InChI is InChI=1S/C13H13ClN2O4S/c1-7(13(18)19)6-16(2)12(17)8-5-9(20-15-8)10-3-4-11(14)21-10/h3-5,7H,6H2,1-2H3,(H,18,19). The van der Waals surface area contributed by atoms with Crippen molar-refractivity contribution in [1.82, 2.24) is 10.1 Å². The van der Waals surface area contributed by atoms with Crippen molar-refractivity contribution in [3.8, 4) is 10.6 Å². The molecule has 21 heavy (non-hydrogen) atoms. The van der Waals surface area contributed by atoms with Crippen LogP contribution in [0.3, 0.4) is 0 Å². The monoisotopic (exact) mass is 328 g/mol. The van der Waals surface area contributed by atoms with E-state index in [1.807, 2.05) is 0 Å². The maximum absolute atomic E-state index is 12.1. The van der Waals surface area contributed by atoms with Crippen LogP contribution in [0.15, 0.2) is 22.7 Å². The number of hydrogen-bond acceptors (Lipinski definition) is 5. The Morgan fingerprint density at radius 3 is 2.81 bits per heavy atom. The van der Waals surface area contributed by atoms with Crippen LogP contribution in [-0.2, 0) is 4.79 Å². The van der Waals surface area contributed by atoms with Crippen LogP contribution in [-0.4, -0.2) is 40.6 Å². The van der Waals surface area contributed by atoms with Crippen molar-refractivity contribution < 1.29 is 19.2 Å². The smallest absolute Gasteiger partial charge is 0.308 e. The van der Waals surface area contributed by atoms with Gasteiger partial charge in [-0.25, -0.2) is 0 Å². The van der Waals surface area contributed by atoms with Gasteiger partial charge in [0.25, 0.3) is 5.91 Å². The minimum atomic E-state index is -0.955. The molecule has 0 aliphatic heterocycles. The van der Waals surface area contributed by atoms with Crippen molar-refractivity contribution in [2.75, 3.05) is 13.6 Å². The normalized spacial score (nSPS) is 12.1. The molecule has 1 N–H and O–H groups in total. The number of carboxylic acid groups (broad SMARTS) is 1. The van der Waals surface area contributed by atoms with Gasteiger partial charge in [0.1, 0.15) is 0 Å². The highest BCUT2D eigenvalue weighted by Gasteiger charge is 2.22. The molecule has 1 unspecified atom stereocenters. The van der Waals surface area contributed by atoms with Crippen molar-refractivity contribution in [3.05, 3.63) is 28.2 Å². The molecule has 2 heterocycles. The molecule has 0 spiro atoms. The van der Waals surface area contributed by atoms with E-state index in [4.69, 9.17) is 21.2 Å². The molecule has 2 aromatic rings. The maximum Gasteiger partial charge on any atom is 0.308 e. The van der Waals surface area contributed by atoms with Crippen LogP contribution in [0.25, 0.3) is 10.6 Å². The first-order chi connectivity index (χ1) is 9.88. The van der Waals surface area contributed by atoms with E-state index < -0.39 is 11.9 Å². The lowest BCUT2D eigenvalue weighted by atomic mass is 10.1. The first kappa shape index (κ1) is 15.5. The number of rotatable bonds is 5. The summed E-state index contributed by atoms with van der Waals surface area (Å²) in [5.41, 5.74) is 0.134. The Kier molecular flexibility index (Phi) is 4.64. The van der Waals surface area contributed by atoms with Crippen molar-refractivity contribution >= 4 is 34.8 Å². The predicted molar refractivity (Wildman–Crippen MR) is 78.6 cm³/mol. The average Bonchev–Trinajstić information content (AvgIpc) is 3.05. The number of halogens is 1. The van der Waals surface area contributed by atoms with Gasteiger partial charge in [-0.2, -0.15) is 0 Å². The zero-order valence-electron chi connectivity index (χ0n) is 11.4. The Hall–Kier alpha value is -1.86. The lowest BCUT2D eigenvalue weighted by Gasteiger charge is -2.17. The van der Waals surface area contributed by atoms with Gasteiger partial charge in [0, 0.05) is 19.7 Å². The fourth-order valence-electron chi connectivity index (χ4n) is 1.71. The number of hydrogen-bond donors (Lipinski definition) is 1. The number of carbonyl (C=O) groups is 2. The molecule has 6 nitrogen and oxygen atoms in total. The number of nitrogens with zero attached hydrogens (tertiary/aromatic N) is 2. The van der Waals surface area contributed by atoms with Gasteiger partial charge < -0.3 is 14.5 Å². The number of amides is 1. The Morgan fingerprint density at radius 2 is 2.24 bits per heavy atom. The van der Waals surface area contributed by atoms with Crippen LogP contribution in [0.4, 0.5) is 0 Å². The molecule has 2 aromatic heterocycles. The Labute approximate surface area is 129 Å². The van der Waals surface area contributed by atoms with Gasteiger partial charge in [0.2, 0.25) is 0 Å². The van der Waals surface area contributed by atoms with E-state index in [1.54, 1.807) is 12.1 Å². The predicted octanol–water partition coefficient (Wildman–Crippen LogP) is 2.85. The number of carbonyl (C=O) groups excluding carboxylic acids is 1. The molecule has 0 radical (unpaired) electrons. The topological polar surface area (TPSA) is 83.6 Å². The highest BCUT2D eigenvalue weighted by molar-refractivity contribution is 7.19. The second-order valence-corrected chi connectivity index (χ2v) is 6.32. The summed E-state index contributed by atoms with van der Waals surface area (Å²) < 4.78 is 5.74. The van der Waals surface area contributed by atoms with Gasteiger partial charge in [-0.15, -0.1) is 11.3 Å². The van der Waals surface area contributed by atoms with E-state index in [0.29, 0.717) is 10.1 Å². The van der Waals surface area contributed by atoms with Gasteiger partial charge in [0.15, 0.2) is 11.5 Å². The molecule has 0 aliphatic carbocycles. The minimum absolute atomic E-state index is 0.0984. The van der Waals surface area contributed by atoms with E-state index in [0.717, 1.165) is 4.88 Å². The lowest BCUT2D eigenvalue weighted by molar-refractivity contribution is -0.141. The molecule has 0 aliphatic rings. The molecule has 1 atom stereocenters. The van der Waals surface area contributed by atoms with Gasteiger partial charge in [-0.3, -0.25) is 9.59 Å². The third-order valence-electron chi connectivity index (χ3n) is 2.86. The summed E-state index contributed by atoms with van der Waals surface area (Å²) in [6.07, 6.45) is 0. The maximum atomic E-state index is 12.1. The molecule has 2 rings (SSSR count). The van der Waals surface area contributed by atoms with E-state index >= 15 is 0 Å². The van der Waals surface area contributed by atoms with Gasteiger partial charge in [-0.05, 0) is 12.1 Å². The zero-order chi connectivity index (χ0) is 15.6. The summed E-state index contributed by atoms with van der Waals surface area (Å²) >= 11 is 7.16. The molecule has 0 aromatic carbocycles. The Bertz CT molecular complexity index is 667. The lowest BCUT2D eigenvalue weighted by Crippen LogP contribution is -2.33. The first-order valence-corrected chi connectivity index (χ1v) is 7.28. The zero-order valence-corrected chi connectivity index (χ0v) is 12.9. The summed E-state index contributed by atoms with van der Waals surface area (Å²) in [4.78, 5) is 25.0. The largest absolute Gasteiger partial charge is 0.481 e. The fourth-order valence-corrected chi connectivity index (χ4v) is 2.70. The molecule has 0 bridgehead atoms. The molecule has 112 valence electrons. The van der Waals surface area contributed by atoms with E-state index in [2.05, 4.69) is 5.16 Å². The van der Waals surface area contributed by atoms with Gasteiger partial charge >= 0.3 is 5.97 Å². The first-order valence-electron chi connectivity index (χ1n) is 6.09. The third kappa shape index (κ3) is 3.62. The van der Waals surface area contributed by atoms with Crippen LogP contribution >= 0.6 is 22.9 Å². The van der Waals surface area contributed by atoms with E-state index in [1.165, 1.54) is 36.3 Å². The second-order valence-electron chi connectivity index (χ2n) is 4.61. The van der Waals surface area contributed by atoms with Crippen LogP contribution in [0.1, 0.15) is 17.4 Å². The van der Waals surface area contributed by atoms with E-state index in [9.17, 15) is 9.59 Å². The van der Waals surface area contributed by atoms with Crippen LogP contribution in [0, 0.1) is 5.92 Å². The average molecular weight is 329 g/mol. The van der Waals surface area contributed by atoms with Crippen molar-refractivity contribution in [1.29, 1.82) is 0 Å². The van der Waals surface area contributed by atoms with Crippen molar-refractivity contribution in [2.45, 2.75) is 6.92 Å². The van der Waals surface area contributed by atoms with Gasteiger partial charge in [-0.1, -0.05) is 23.7 Å². The van der Waals surface area contributed by atoms with Crippen LogP contribution in [0.2, 0.25) is 4.34 Å². The van der Waals surface area contributed by atoms with E-state index in [-0.39, 0.29) is 18.1 Å². The fraction of sp³-hybridized carbons (Fsp3) is 0.308. The second kappa shape index (κ2) is 6.28. The van der Waals surface area contributed by atoms with Crippen molar-refractivity contribution in [3.63, 3.8) is 0 Å². The summed E-state index contributed by atoms with van der Waals surface area (Å²) in [7, 11) is 1.53. The highest BCUT2D eigenvalue weighted by Crippen LogP contribution is 2.31. The number of thiophene rings is 1. The number of carboxylic acids is 1. The Morgan fingerprint density at radius 1 is 1.52 bits per heavy atom. The molecule has 8 heteroatoms. The summed E-state index contributed by atoms with van der Waals surface area (Å²) in [5, 5.41) is 12.6. The summed E-state index contributed by atoms with van der Waals surface area (Å²) in [5.74, 6) is -1.54. The SMILES string of the molecule is CC(CN(C)C(=O)c1cc(-c2ccc(Cl)s2)on1)C(=O)O. The Balaban J connectivity index is 2.10. The number of aromatic nitrogens is 1. The van der Waals surface area contributed by atoms with Crippen LogP contribution < -0.4 is 0 Å². The molecule has 0 saturated heterocycles.